The van der Waals surface area contributed by atoms with Gasteiger partial charge in [-0.05, 0) is 53.2 Å². The maximum Gasteiger partial charge on any atom is 0.250 e. The zero-order valence-corrected chi connectivity index (χ0v) is 14.2. The lowest BCUT2D eigenvalue weighted by molar-refractivity contribution is 0.0991. The molecule has 2 amide bonds. The van der Waals surface area contributed by atoms with Crippen LogP contribution in [0.4, 0.5) is 0 Å². The number of carbonyl (C=O) groups excluding carboxylic acids is 2. The van der Waals surface area contributed by atoms with Crippen LogP contribution in [0, 0.1) is 0 Å². The van der Waals surface area contributed by atoms with E-state index in [1.165, 1.54) is 29.5 Å². The van der Waals surface area contributed by atoms with Gasteiger partial charge >= 0.3 is 0 Å². The van der Waals surface area contributed by atoms with Gasteiger partial charge in [0.05, 0.1) is 11.1 Å². The Morgan fingerprint density at radius 1 is 1.14 bits per heavy atom. The van der Waals surface area contributed by atoms with Gasteiger partial charge in [0.1, 0.15) is 0 Å². The molecule has 4 N–H and O–H groups in total. The zero-order chi connectivity index (χ0) is 16.1. The van der Waals surface area contributed by atoms with Gasteiger partial charge in [0.15, 0.2) is 0 Å². The van der Waals surface area contributed by atoms with Crippen molar-refractivity contribution in [1.29, 1.82) is 0 Å². The van der Waals surface area contributed by atoms with E-state index in [2.05, 4.69) is 20.9 Å². The highest BCUT2D eigenvalue weighted by molar-refractivity contribution is 9.10. The van der Waals surface area contributed by atoms with Crippen molar-refractivity contribution in [3.05, 3.63) is 49.9 Å². The molecule has 0 aliphatic heterocycles. The number of pyridine rings is 1. The summed E-state index contributed by atoms with van der Waals surface area (Å²) in [6.07, 6.45) is 7.64. The molecule has 0 radical (unpaired) electrons. The number of hydrogen-bond donors (Lipinski definition) is 2. The second-order valence-electron chi connectivity index (χ2n) is 4.88. The second kappa shape index (κ2) is 7.51. The van der Waals surface area contributed by atoms with Crippen LogP contribution in [0.15, 0.2) is 28.3 Å². The molecule has 0 unspecified atom stereocenters. The van der Waals surface area contributed by atoms with E-state index in [9.17, 15) is 9.59 Å². The number of aryl methyl sites for hydroxylation is 1. The predicted molar refractivity (Wildman–Crippen MR) is 89.9 cm³/mol. The third-order valence-electron chi connectivity index (χ3n) is 3.32. The molecule has 0 aromatic carbocycles. The minimum Gasteiger partial charge on any atom is -0.366 e. The zero-order valence-electron chi connectivity index (χ0n) is 11.8. The average molecular weight is 382 g/mol. The highest BCUT2D eigenvalue weighted by atomic mass is 79.9. The fourth-order valence-electron chi connectivity index (χ4n) is 2.25. The largest absolute Gasteiger partial charge is 0.366 e. The Bertz CT molecular complexity index is 700. The van der Waals surface area contributed by atoms with E-state index in [0.29, 0.717) is 5.56 Å². The number of carbonyl (C=O) groups is 2. The van der Waals surface area contributed by atoms with E-state index in [-0.39, 0.29) is 5.91 Å². The molecule has 22 heavy (non-hydrogen) atoms. The number of rotatable bonds is 2. The third-order valence-corrected chi connectivity index (χ3v) is 4.84. The molecule has 2 aromatic rings. The molecule has 0 saturated heterocycles. The Balaban J connectivity index is 0.000000164. The molecule has 116 valence electrons. The maximum absolute atomic E-state index is 11.0. The standard InChI is InChI=1S/C9H11NOS.C6H5BrN2O/c10-9(11)7-5-12-8-4-2-1-3-6(7)8;7-5-1-4(6(8)10)2-9-3-5/h5H,1-4H2,(H2,10,11);1-3H,(H2,8,10). The van der Waals surface area contributed by atoms with Gasteiger partial charge in [-0.2, -0.15) is 0 Å². The molecular formula is C15H16BrN3O2S. The summed E-state index contributed by atoms with van der Waals surface area (Å²) in [5.74, 6) is -0.733. The maximum atomic E-state index is 11.0. The molecule has 0 bridgehead atoms. The number of nitrogens with zero attached hydrogens (tertiary/aromatic N) is 1. The number of amides is 2. The normalized spacial score (nSPS) is 12.8. The summed E-state index contributed by atoms with van der Waals surface area (Å²) in [5, 5.41) is 1.90. The summed E-state index contributed by atoms with van der Waals surface area (Å²) in [7, 11) is 0. The minimum absolute atomic E-state index is 0.269. The van der Waals surface area contributed by atoms with E-state index in [4.69, 9.17) is 11.5 Å². The fraction of sp³-hybridized carbons (Fsp3) is 0.267. The van der Waals surface area contributed by atoms with Crippen LogP contribution in [0.2, 0.25) is 0 Å². The lowest BCUT2D eigenvalue weighted by atomic mass is 9.96. The van der Waals surface area contributed by atoms with Crippen molar-refractivity contribution in [2.45, 2.75) is 25.7 Å². The molecule has 2 aromatic heterocycles. The number of halogens is 1. The number of aromatic nitrogens is 1. The van der Waals surface area contributed by atoms with Crippen LogP contribution in [0.3, 0.4) is 0 Å². The first-order valence-corrected chi connectivity index (χ1v) is 8.45. The van der Waals surface area contributed by atoms with E-state index in [1.807, 2.05) is 5.38 Å². The van der Waals surface area contributed by atoms with Crippen LogP contribution >= 0.6 is 27.3 Å². The molecule has 1 aliphatic rings. The van der Waals surface area contributed by atoms with Crippen LogP contribution in [0.25, 0.3) is 0 Å². The minimum atomic E-state index is -0.464. The molecule has 0 atom stereocenters. The van der Waals surface area contributed by atoms with Gasteiger partial charge in [-0.15, -0.1) is 11.3 Å². The molecule has 0 saturated carbocycles. The Kier molecular flexibility index (Phi) is 5.68. The lowest BCUT2D eigenvalue weighted by Crippen LogP contribution is -2.13. The van der Waals surface area contributed by atoms with E-state index in [0.717, 1.165) is 22.9 Å². The first-order valence-electron chi connectivity index (χ1n) is 6.78. The number of fused-ring (bicyclic) bond motifs is 1. The molecule has 1 aliphatic carbocycles. The van der Waals surface area contributed by atoms with Crippen LogP contribution in [0.5, 0.6) is 0 Å². The molecule has 7 heteroatoms. The predicted octanol–water partition coefficient (Wildman–Crippen LogP) is 2.67. The van der Waals surface area contributed by atoms with Crippen LogP contribution in [-0.2, 0) is 12.8 Å². The Labute approximate surface area is 140 Å². The SMILES string of the molecule is NC(=O)c1cncc(Br)c1.NC(=O)c1csc2c1CCCC2. The quantitative estimate of drug-likeness (QED) is 0.835. The van der Waals surface area contributed by atoms with Crippen molar-refractivity contribution in [3.8, 4) is 0 Å². The van der Waals surface area contributed by atoms with Crippen molar-refractivity contribution in [3.63, 3.8) is 0 Å². The summed E-state index contributed by atoms with van der Waals surface area (Å²) in [5.41, 5.74) is 12.6. The van der Waals surface area contributed by atoms with Crippen molar-refractivity contribution < 1.29 is 9.59 Å². The van der Waals surface area contributed by atoms with Gasteiger partial charge < -0.3 is 11.5 Å². The number of hydrogen-bond acceptors (Lipinski definition) is 4. The average Bonchev–Trinajstić information content (AvgIpc) is 2.92. The summed E-state index contributed by atoms with van der Waals surface area (Å²) in [6, 6.07) is 1.62. The Morgan fingerprint density at radius 3 is 2.45 bits per heavy atom. The number of thiophene rings is 1. The first kappa shape index (κ1) is 16.6. The number of primary amides is 2. The third kappa shape index (κ3) is 4.14. The highest BCUT2D eigenvalue weighted by Crippen LogP contribution is 2.29. The Hall–Kier alpha value is -1.73. The smallest absolute Gasteiger partial charge is 0.250 e. The van der Waals surface area contributed by atoms with Gasteiger partial charge in [-0.1, -0.05) is 0 Å². The summed E-state index contributed by atoms with van der Waals surface area (Å²) >= 11 is 4.84. The summed E-state index contributed by atoms with van der Waals surface area (Å²) in [4.78, 5) is 26.6. The Morgan fingerprint density at radius 2 is 1.86 bits per heavy atom. The number of nitrogens with two attached hydrogens (primary N) is 2. The van der Waals surface area contributed by atoms with Crippen molar-refractivity contribution in [1.82, 2.24) is 4.98 Å². The first-order chi connectivity index (χ1) is 10.5. The van der Waals surface area contributed by atoms with Gasteiger partial charge in [0.25, 0.3) is 0 Å². The summed E-state index contributed by atoms with van der Waals surface area (Å²) in [6.45, 7) is 0. The molecule has 5 nitrogen and oxygen atoms in total. The summed E-state index contributed by atoms with van der Waals surface area (Å²) < 4.78 is 0.754. The fourth-order valence-corrected chi connectivity index (χ4v) is 3.75. The molecule has 2 heterocycles. The van der Waals surface area contributed by atoms with Gasteiger partial charge in [0, 0.05) is 27.1 Å². The lowest BCUT2D eigenvalue weighted by Gasteiger charge is -2.10. The van der Waals surface area contributed by atoms with Gasteiger partial charge in [-0.25, -0.2) is 0 Å². The molecular weight excluding hydrogens is 366 g/mol. The molecule has 3 rings (SSSR count). The van der Waals surface area contributed by atoms with Crippen LogP contribution in [0.1, 0.15) is 44.0 Å². The topological polar surface area (TPSA) is 99.1 Å². The van der Waals surface area contributed by atoms with E-state index >= 15 is 0 Å². The van der Waals surface area contributed by atoms with Crippen LogP contribution in [-0.4, -0.2) is 16.8 Å². The molecule has 0 fully saturated rings. The van der Waals surface area contributed by atoms with Gasteiger partial charge in [0.2, 0.25) is 11.8 Å². The van der Waals surface area contributed by atoms with E-state index < -0.39 is 5.91 Å². The van der Waals surface area contributed by atoms with Crippen molar-refractivity contribution >= 4 is 39.1 Å². The highest BCUT2D eigenvalue weighted by Gasteiger charge is 2.17. The van der Waals surface area contributed by atoms with Crippen molar-refractivity contribution in [2.24, 2.45) is 11.5 Å². The molecule has 0 spiro atoms. The van der Waals surface area contributed by atoms with E-state index in [1.54, 1.807) is 23.6 Å². The second-order valence-corrected chi connectivity index (χ2v) is 6.76. The van der Waals surface area contributed by atoms with Crippen LogP contribution < -0.4 is 11.5 Å². The monoisotopic (exact) mass is 381 g/mol. The van der Waals surface area contributed by atoms with Gasteiger partial charge in [-0.3, -0.25) is 14.6 Å². The van der Waals surface area contributed by atoms with Crippen molar-refractivity contribution in [2.75, 3.05) is 0 Å².